The Labute approximate surface area is 122 Å². The molecule has 0 saturated heterocycles. The Morgan fingerprint density at radius 2 is 2.20 bits per heavy atom. The van der Waals surface area contributed by atoms with E-state index in [0.717, 1.165) is 5.56 Å². The summed E-state index contributed by atoms with van der Waals surface area (Å²) in [6, 6.07) is 7.03. The second-order valence-electron chi connectivity index (χ2n) is 4.29. The number of ether oxygens (including phenoxy) is 1. The number of benzene rings is 1. The van der Waals surface area contributed by atoms with Crippen molar-refractivity contribution < 1.29 is 13.9 Å². The molecule has 4 nitrogen and oxygen atoms in total. The Balaban J connectivity index is 2.22. The Morgan fingerprint density at radius 1 is 1.40 bits per heavy atom. The molecule has 0 N–H and O–H groups in total. The van der Waals surface area contributed by atoms with Gasteiger partial charge in [0.15, 0.2) is 0 Å². The number of nitrogens with zero attached hydrogens (tertiary/aromatic N) is 1. The van der Waals surface area contributed by atoms with Crippen LogP contribution in [-0.4, -0.2) is 24.5 Å². The van der Waals surface area contributed by atoms with Crippen LogP contribution in [0, 0.1) is 0 Å². The lowest BCUT2D eigenvalue weighted by atomic mass is 10.1. The van der Waals surface area contributed by atoms with Crippen molar-refractivity contribution in [3.05, 3.63) is 52.9 Å². The number of hydrogen-bond donors (Lipinski definition) is 0. The molecule has 1 aromatic heterocycles. The second kappa shape index (κ2) is 6.48. The SMILES string of the molecule is CCN(Cc1cc(Cl)ccc1OC)C(=O)c1ccoc1. The summed E-state index contributed by atoms with van der Waals surface area (Å²) in [7, 11) is 1.60. The molecule has 0 unspecified atom stereocenters. The number of amides is 1. The van der Waals surface area contributed by atoms with Crippen molar-refractivity contribution in [2.24, 2.45) is 0 Å². The van der Waals surface area contributed by atoms with Gasteiger partial charge in [0.25, 0.3) is 5.91 Å². The van der Waals surface area contributed by atoms with E-state index in [2.05, 4.69) is 0 Å². The first kappa shape index (κ1) is 14.5. The highest BCUT2D eigenvalue weighted by atomic mass is 35.5. The molecule has 0 atom stereocenters. The van der Waals surface area contributed by atoms with Crippen molar-refractivity contribution in [1.29, 1.82) is 0 Å². The van der Waals surface area contributed by atoms with Gasteiger partial charge in [-0.25, -0.2) is 0 Å². The molecule has 106 valence electrons. The van der Waals surface area contributed by atoms with Crippen LogP contribution in [-0.2, 0) is 6.54 Å². The van der Waals surface area contributed by atoms with E-state index in [4.69, 9.17) is 20.8 Å². The van der Waals surface area contributed by atoms with Crippen LogP contribution in [0.15, 0.2) is 41.2 Å². The molecule has 1 amide bonds. The molecular weight excluding hydrogens is 278 g/mol. The summed E-state index contributed by atoms with van der Waals surface area (Å²) in [5.41, 5.74) is 1.41. The molecule has 0 spiro atoms. The predicted octanol–water partition coefficient (Wildman–Crippen LogP) is 3.60. The molecule has 0 aliphatic heterocycles. The van der Waals surface area contributed by atoms with Gasteiger partial charge >= 0.3 is 0 Å². The first-order valence-corrected chi connectivity index (χ1v) is 6.67. The molecule has 20 heavy (non-hydrogen) atoms. The third kappa shape index (κ3) is 3.14. The lowest BCUT2D eigenvalue weighted by molar-refractivity contribution is 0.0751. The van der Waals surface area contributed by atoms with Gasteiger partial charge in [-0.2, -0.15) is 0 Å². The van der Waals surface area contributed by atoms with Crippen molar-refractivity contribution in [1.82, 2.24) is 4.90 Å². The Hall–Kier alpha value is -1.94. The molecule has 0 fully saturated rings. The average molecular weight is 294 g/mol. The summed E-state index contributed by atoms with van der Waals surface area (Å²) in [4.78, 5) is 14.0. The van der Waals surface area contributed by atoms with Crippen LogP contribution >= 0.6 is 11.6 Å². The highest BCUT2D eigenvalue weighted by molar-refractivity contribution is 6.30. The monoisotopic (exact) mass is 293 g/mol. The van der Waals surface area contributed by atoms with Gasteiger partial charge in [0.2, 0.25) is 0 Å². The highest BCUT2D eigenvalue weighted by Gasteiger charge is 2.17. The molecule has 0 aliphatic carbocycles. The third-order valence-electron chi connectivity index (χ3n) is 3.04. The fraction of sp³-hybridized carbons (Fsp3) is 0.267. The first-order valence-electron chi connectivity index (χ1n) is 6.29. The number of halogens is 1. The lowest BCUT2D eigenvalue weighted by Gasteiger charge is -2.21. The van der Waals surface area contributed by atoms with E-state index in [1.807, 2.05) is 13.0 Å². The number of rotatable bonds is 5. The van der Waals surface area contributed by atoms with Gasteiger partial charge in [-0.05, 0) is 31.2 Å². The topological polar surface area (TPSA) is 42.7 Å². The minimum atomic E-state index is -0.0803. The smallest absolute Gasteiger partial charge is 0.257 e. The van der Waals surface area contributed by atoms with E-state index >= 15 is 0 Å². The average Bonchev–Trinajstić information content (AvgIpc) is 2.98. The van der Waals surface area contributed by atoms with E-state index in [1.165, 1.54) is 12.5 Å². The van der Waals surface area contributed by atoms with E-state index in [-0.39, 0.29) is 5.91 Å². The maximum Gasteiger partial charge on any atom is 0.257 e. The van der Waals surface area contributed by atoms with Crippen LogP contribution in [0.5, 0.6) is 5.75 Å². The number of carbonyl (C=O) groups excluding carboxylic acids is 1. The maximum absolute atomic E-state index is 12.3. The second-order valence-corrected chi connectivity index (χ2v) is 4.72. The van der Waals surface area contributed by atoms with Crippen molar-refractivity contribution in [3.63, 3.8) is 0 Å². The van der Waals surface area contributed by atoms with Gasteiger partial charge in [-0.15, -0.1) is 0 Å². The van der Waals surface area contributed by atoms with Crippen LogP contribution in [0.25, 0.3) is 0 Å². The Morgan fingerprint density at radius 3 is 2.80 bits per heavy atom. The number of furan rings is 1. The Bertz CT molecular complexity index is 581. The van der Waals surface area contributed by atoms with Crippen LogP contribution in [0.1, 0.15) is 22.8 Å². The van der Waals surface area contributed by atoms with Gasteiger partial charge in [0, 0.05) is 23.7 Å². The largest absolute Gasteiger partial charge is 0.496 e. The van der Waals surface area contributed by atoms with Gasteiger partial charge in [0.05, 0.1) is 18.9 Å². The van der Waals surface area contributed by atoms with Crippen molar-refractivity contribution >= 4 is 17.5 Å². The van der Waals surface area contributed by atoms with Gasteiger partial charge < -0.3 is 14.1 Å². The summed E-state index contributed by atoms with van der Waals surface area (Å²) in [6.45, 7) is 2.94. The van der Waals surface area contributed by atoms with Gasteiger partial charge in [-0.1, -0.05) is 11.6 Å². The molecule has 2 aromatic rings. The zero-order valence-corrected chi connectivity index (χ0v) is 12.2. The molecule has 0 bridgehead atoms. The molecular formula is C15H16ClNO3. The minimum Gasteiger partial charge on any atom is -0.496 e. The van der Waals surface area contributed by atoms with Crippen LogP contribution in [0.4, 0.5) is 0 Å². The molecule has 5 heteroatoms. The van der Waals surface area contributed by atoms with Gasteiger partial charge in [0.1, 0.15) is 12.0 Å². The van der Waals surface area contributed by atoms with Crippen molar-refractivity contribution in [2.75, 3.05) is 13.7 Å². The van der Waals surface area contributed by atoms with E-state index in [9.17, 15) is 4.79 Å². The maximum atomic E-state index is 12.3. The van der Waals surface area contributed by atoms with E-state index in [0.29, 0.717) is 29.4 Å². The van der Waals surface area contributed by atoms with Gasteiger partial charge in [-0.3, -0.25) is 4.79 Å². The zero-order chi connectivity index (χ0) is 14.5. The minimum absolute atomic E-state index is 0.0803. The van der Waals surface area contributed by atoms with Crippen molar-refractivity contribution in [2.45, 2.75) is 13.5 Å². The van der Waals surface area contributed by atoms with Crippen LogP contribution in [0.3, 0.4) is 0 Å². The molecule has 2 rings (SSSR count). The summed E-state index contributed by atoms with van der Waals surface area (Å²) >= 11 is 6.01. The fourth-order valence-corrected chi connectivity index (χ4v) is 2.17. The molecule has 0 radical (unpaired) electrons. The number of carbonyl (C=O) groups is 1. The first-order chi connectivity index (χ1) is 9.65. The summed E-state index contributed by atoms with van der Waals surface area (Å²) in [5.74, 6) is 0.635. The summed E-state index contributed by atoms with van der Waals surface area (Å²) < 4.78 is 10.3. The molecule has 0 saturated carbocycles. The Kier molecular flexibility index (Phi) is 4.69. The van der Waals surface area contributed by atoms with Crippen LogP contribution < -0.4 is 4.74 Å². The summed E-state index contributed by atoms with van der Waals surface area (Å²) in [6.07, 6.45) is 2.93. The van der Waals surface area contributed by atoms with Crippen molar-refractivity contribution in [3.8, 4) is 5.75 Å². The quantitative estimate of drug-likeness (QED) is 0.846. The number of hydrogen-bond acceptors (Lipinski definition) is 3. The summed E-state index contributed by atoms with van der Waals surface area (Å²) in [5, 5.41) is 0.618. The molecule has 1 aromatic carbocycles. The number of methoxy groups -OCH3 is 1. The standard InChI is InChI=1S/C15H16ClNO3/c1-3-17(15(18)11-6-7-20-10-11)9-12-8-13(16)4-5-14(12)19-2/h4-8,10H,3,9H2,1-2H3. The zero-order valence-electron chi connectivity index (χ0n) is 11.4. The predicted molar refractivity (Wildman–Crippen MR) is 77.1 cm³/mol. The lowest BCUT2D eigenvalue weighted by Crippen LogP contribution is -2.30. The van der Waals surface area contributed by atoms with Crippen LogP contribution in [0.2, 0.25) is 5.02 Å². The van der Waals surface area contributed by atoms with E-state index < -0.39 is 0 Å². The van der Waals surface area contributed by atoms with E-state index in [1.54, 1.807) is 30.2 Å². The normalized spacial score (nSPS) is 10.3. The molecule has 0 aliphatic rings. The third-order valence-corrected chi connectivity index (χ3v) is 3.28. The highest BCUT2D eigenvalue weighted by Crippen LogP contribution is 2.24. The molecule has 1 heterocycles. The fourth-order valence-electron chi connectivity index (χ4n) is 1.97.